The number of nitrogen functional groups attached to an aromatic ring is 1. The Hall–Kier alpha value is -2.16. The fraction of sp³-hybridized carbons (Fsp3) is 0.333. The summed E-state index contributed by atoms with van der Waals surface area (Å²) in [5.41, 5.74) is 10.1. The second kappa shape index (κ2) is 7.02. The Balaban J connectivity index is 2.21. The highest BCUT2D eigenvalue weighted by atomic mass is 16.5. The molecule has 0 amide bonds. The molecular formula is C18H24N2O. The molecule has 2 aromatic carbocycles. The van der Waals surface area contributed by atoms with Crippen molar-refractivity contribution in [1.29, 1.82) is 0 Å². The Bertz CT molecular complexity index is 594. The van der Waals surface area contributed by atoms with Crippen LogP contribution in [-0.4, -0.2) is 6.61 Å². The van der Waals surface area contributed by atoms with Gasteiger partial charge in [0.2, 0.25) is 0 Å². The standard InChI is InChI=1S/C18H24N2O/c1-4-11-21-17-10-6-9-16(18(17)19)20-15-8-5-7-14(12-15)13(2)3/h5-10,12-13,20H,4,11,19H2,1-3H3. The van der Waals surface area contributed by atoms with Crippen LogP contribution in [0.2, 0.25) is 0 Å². The molecule has 0 saturated heterocycles. The maximum atomic E-state index is 6.18. The van der Waals surface area contributed by atoms with Crippen LogP contribution in [0.5, 0.6) is 5.75 Å². The number of rotatable bonds is 6. The van der Waals surface area contributed by atoms with Crippen molar-refractivity contribution in [2.24, 2.45) is 0 Å². The van der Waals surface area contributed by atoms with E-state index in [2.05, 4.69) is 44.3 Å². The predicted octanol–water partition coefficient (Wildman–Crippen LogP) is 4.92. The Morgan fingerprint density at radius 1 is 1.14 bits per heavy atom. The summed E-state index contributed by atoms with van der Waals surface area (Å²) in [6.07, 6.45) is 0.966. The van der Waals surface area contributed by atoms with Crippen molar-refractivity contribution >= 4 is 17.1 Å². The minimum atomic E-state index is 0.503. The lowest BCUT2D eigenvalue weighted by Gasteiger charge is -2.15. The number of hydrogen-bond donors (Lipinski definition) is 2. The van der Waals surface area contributed by atoms with Crippen molar-refractivity contribution in [3.63, 3.8) is 0 Å². The number of nitrogens with two attached hydrogens (primary N) is 1. The molecule has 21 heavy (non-hydrogen) atoms. The summed E-state index contributed by atoms with van der Waals surface area (Å²) in [6, 6.07) is 14.2. The summed E-state index contributed by atoms with van der Waals surface area (Å²) in [5, 5.41) is 3.38. The second-order valence-corrected chi connectivity index (χ2v) is 5.47. The molecule has 0 fully saturated rings. The van der Waals surface area contributed by atoms with Gasteiger partial charge in [-0.2, -0.15) is 0 Å². The third kappa shape index (κ3) is 3.91. The second-order valence-electron chi connectivity index (χ2n) is 5.47. The molecule has 3 nitrogen and oxygen atoms in total. The monoisotopic (exact) mass is 284 g/mol. The van der Waals surface area contributed by atoms with Crippen LogP contribution in [0.1, 0.15) is 38.7 Å². The summed E-state index contributed by atoms with van der Waals surface area (Å²) in [7, 11) is 0. The van der Waals surface area contributed by atoms with E-state index in [1.54, 1.807) is 0 Å². The molecule has 2 rings (SSSR count). The van der Waals surface area contributed by atoms with Gasteiger partial charge in [-0.25, -0.2) is 0 Å². The quantitative estimate of drug-likeness (QED) is 0.740. The summed E-state index contributed by atoms with van der Waals surface area (Å²) >= 11 is 0. The average molecular weight is 284 g/mol. The molecule has 0 aliphatic rings. The van der Waals surface area contributed by atoms with Crippen molar-refractivity contribution in [2.75, 3.05) is 17.7 Å². The fourth-order valence-electron chi connectivity index (χ4n) is 2.12. The van der Waals surface area contributed by atoms with Crippen molar-refractivity contribution in [3.8, 4) is 5.75 Å². The number of ether oxygens (including phenoxy) is 1. The Morgan fingerprint density at radius 3 is 2.62 bits per heavy atom. The maximum absolute atomic E-state index is 6.18. The molecule has 0 aliphatic carbocycles. The highest BCUT2D eigenvalue weighted by Gasteiger charge is 2.07. The van der Waals surface area contributed by atoms with E-state index in [0.717, 1.165) is 23.5 Å². The largest absolute Gasteiger partial charge is 0.491 e. The molecule has 2 aromatic rings. The van der Waals surface area contributed by atoms with Gasteiger partial charge in [0, 0.05) is 5.69 Å². The molecule has 3 N–H and O–H groups in total. The molecule has 0 unspecified atom stereocenters. The van der Waals surface area contributed by atoms with E-state index in [-0.39, 0.29) is 0 Å². The molecule has 0 atom stereocenters. The van der Waals surface area contributed by atoms with Gasteiger partial charge in [-0.15, -0.1) is 0 Å². The summed E-state index contributed by atoms with van der Waals surface area (Å²) in [6.45, 7) is 7.13. The van der Waals surface area contributed by atoms with Crippen LogP contribution in [0.15, 0.2) is 42.5 Å². The molecule has 0 aliphatic heterocycles. The lowest BCUT2D eigenvalue weighted by Crippen LogP contribution is -2.02. The first-order valence-corrected chi connectivity index (χ1v) is 7.50. The van der Waals surface area contributed by atoms with Gasteiger partial charge in [0.1, 0.15) is 5.75 Å². The minimum Gasteiger partial charge on any atom is -0.491 e. The zero-order valence-corrected chi connectivity index (χ0v) is 13.0. The predicted molar refractivity (Wildman–Crippen MR) is 90.5 cm³/mol. The van der Waals surface area contributed by atoms with Gasteiger partial charge in [0.05, 0.1) is 18.0 Å². The van der Waals surface area contributed by atoms with Gasteiger partial charge < -0.3 is 15.8 Å². The molecule has 0 saturated carbocycles. The molecule has 112 valence electrons. The van der Waals surface area contributed by atoms with E-state index >= 15 is 0 Å². The van der Waals surface area contributed by atoms with E-state index in [4.69, 9.17) is 10.5 Å². The number of nitrogens with one attached hydrogen (secondary N) is 1. The lowest BCUT2D eigenvalue weighted by atomic mass is 10.0. The van der Waals surface area contributed by atoms with E-state index in [1.807, 2.05) is 24.3 Å². The molecule has 0 spiro atoms. The van der Waals surface area contributed by atoms with Gasteiger partial charge >= 0.3 is 0 Å². The topological polar surface area (TPSA) is 47.3 Å². The fourth-order valence-corrected chi connectivity index (χ4v) is 2.12. The lowest BCUT2D eigenvalue weighted by molar-refractivity contribution is 0.319. The molecule has 3 heteroatoms. The zero-order valence-electron chi connectivity index (χ0n) is 13.0. The first kappa shape index (κ1) is 15.2. The minimum absolute atomic E-state index is 0.503. The van der Waals surface area contributed by atoms with Crippen LogP contribution in [0, 0.1) is 0 Å². The maximum Gasteiger partial charge on any atom is 0.144 e. The third-order valence-corrected chi connectivity index (χ3v) is 3.36. The van der Waals surface area contributed by atoms with E-state index in [0.29, 0.717) is 18.2 Å². The number of hydrogen-bond acceptors (Lipinski definition) is 3. The van der Waals surface area contributed by atoms with Crippen molar-refractivity contribution in [3.05, 3.63) is 48.0 Å². The zero-order chi connectivity index (χ0) is 15.2. The number of anilines is 3. The molecule has 0 aromatic heterocycles. The normalized spacial score (nSPS) is 10.7. The van der Waals surface area contributed by atoms with Crippen LogP contribution in [0.3, 0.4) is 0 Å². The van der Waals surface area contributed by atoms with Crippen molar-refractivity contribution in [1.82, 2.24) is 0 Å². The molecular weight excluding hydrogens is 260 g/mol. The summed E-state index contributed by atoms with van der Waals surface area (Å²) < 4.78 is 5.66. The Labute approximate surface area is 127 Å². The first-order valence-electron chi connectivity index (χ1n) is 7.50. The first-order chi connectivity index (χ1) is 10.1. The number of para-hydroxylation sites is 1. The van der Waals surface area contributed by atoms with Crippen molar-refractivity contribution in [2.45, 2.75) is 33.1 Å². The van der Waals surface area contributed by atoms with Gasteiger partial charge in [-0.3, -0.25) is 0 Å². The Morgan fingerprint density at radius 2 is 1.90 bits per heavy atom. The van der Waals surface area contributed by atoms with Gasteiger partial charge in [0.25, 0.3) is 0 Å². The molecule has 0 bridgehead atoms. The van der Waals surface area contributed by atoms with Gasteiger partial charge in [0.15, 0.2) is 0 Å². The van der Waals surface area contributed by atoms with Crippen LogP contribution >= 0.6 is 0 Å². The van der Waals surface area contributed by atoms with Crippen LogP contribution in [0.25, 0.3) is 0 Å². The van der Waals surface area contributed by atoms with Crippen molar-refractivity contribution < 1.29 is 4.74 Å². The van der Waals surface area contributed by atoms with E-state index < -0.39 is 0 Å². The van der Waals surface area contributed by atoms with Gasteiger partial charge in [-0.05, 0) is 42.2 Å². The smallest absolute Gasteiger partial charge is 0.144 e. The number of benzene rings is 2. The summed E-state index contributed by atoms with van der Waals surface area (Å²) in [4.78, 5) is 0. The Kier molecular flexibility index (Phi) is 5.09. The van der Waals surface area contributed by atoms with Gasteiger partial charge in [-0.1, -0.05) is 39.0 Å². The van der Waals surface area contributed by atoms with E-state index in [1.165, 1.54) is 5.56 Å². The highest BCUT2D eigenvalue weighted by molar-refractivity contribution is 5.77. The third-order valence-electron chi connectivity index (χ3n) is 3.36. The SMILES string of the molecule is CCCOc1cccc(Nc2cccc(C(C)C)c2)c1N. The average Bonchev–Trinajstić information content (AvgIpc) is 2.48. The van der Waals surface area contributed by atoms with E-state index in [9.17, 15) is 0 Å². The van der Waals surface area contributed by atoms with Crippen LogP contribution in [0.4, 0.5) is 17.1 Å². The molecule has 0 heterocycles. The molecule has 0 radical (unpaired) electrons. The van der Waals surface area contributed by atoms with Crippen LogP contribution < -0.4 is 15.8 Å². The highest BCUT2D eigenvalue weighted by Crippen LogP contribution is 2.32. The summed E-state index contributed by atoms with van der Waals surface area (Å²) in [5.74, 6) is 1.24. The van der Waals surface area contributed by atoms with Crippen LogP contribution in [-0.2, 0) is 0 Å².